The number of benzene rings is 1. The van der Waals surface area contributed by atoms with E-state index in [4.69, 9.17) is 0 Å². The van der Waals surface area contributed by atoms with Crippen molar-refractivity contribution in [1.29, 1.82) is 0 Å². The predicted octanol–water partition coefficient (Wildman–Crippen LogP) is 2.90. The Labute approximate surface area is 74.6 Å². The number of hydrogen-bond acceptors (Lipinski definition) is 2. The molecule has 1 aromatic rings. The lowest BCUT2D eigenvalue weighted by Gasteiger charge is -2.19. The molecule has 0 amide bonds. The van der Waals surface area contributed by atoms with Crippen LogP contribution in [-0.2, 0) is 0 Å². The van der Waals surface area contributed by atoms with Gasteiger partial charge in [-0.15, -0.1) is 11.8 Å². The van der Waals surface area contributed by atoms with Gasteiger partial charge < -0.3 is 5.11 Å². The highest BCUT2D eigenvalue weighted by Crippen LogP contribution is 2.42. The van der Waals surface area contributed by atoms with Crippen LogP contribution in [0.5, 0.6) is 5.75 Å². The first kappa shape index (κ1) is 7.92. The third-order valence-electron chi connectivity index (χ3n) is 1.99. The van der Waals surface area contributed by atoms with Crippen molar-refractivity contribution in [3.63, 3.8) is 0 Å². The highest BCUT2D eigenvalue weighted by atomic mass is 32.2. The van der Waals surface area contributed by atoms with Gasteiger partial charge in [-0.25, -0.2) is 4.39 Å². The molecule has 1 aliphatic heterocycles. The van der Waals surface area contributed by atoms with Crippen molar-refractivity contribution in [1.82, 2.24) is 0 Å². The first-order valence-electron chi connectivity index (χ1n) is 3.88. The smallest absolute Gasteiger partial charge is 0.131 e. The van der Waals surface area contributed by atoms with E-state index >= 15 is 0 Å². The SMILES string of the molecule is Oc1cccc2c1C(F)CCS2. The van der Waals surface area contributed by atoms with E-state index < -0.39 is 6.17 Å². The minimum absolute atomic E-state index is 0.0900. The fraction of sp³-hybridized carbons (Fsp3) is 0.333. The van der Waals surface area contributed by atoms with E-state index in [1.54, 1.807) is 17.8 Å². The zero-order valence-electron chi connectivity index (χ0n) is 6.46. The highest BCUT2D eigenvalue weighted by molar-refractivity contribution is 7.99. The molecule has 0 radical (unpaired) electrons. The number of alkyl halides is 1. The van der Waals surface area contributed by atoms with Gasteiger partial charge in [0.25, 0.3) is 0 Å². The summed E-state index contributed by atoms with van der Waals surface area (Å²) >= 11 is 1.61. The fourth-order valence-corrected chi connectivity index (χ4v) is 2.50. The molecule has 1 unspecified atom stereocenters. The van der Waals surface area contributed by atoms with Gasteiger partial charge in [-0.3, -0.25) is 0 Å². The number of aromatic hydroxyl groups is 1. The van der Waals surface area contributed by atoms with Crippen LogP contribution < -0.4 is 0 Å². The second-order valence-corrected chi connectivity index (χ2v) is 3.93. The number of phenols is 1. The van der Waals surface area contributed by atoms with Gasteiger partial charge in [0.15, 0.2) is 0 Å². The maximum absolute atomic E-state index is 13.3. The molecule has 1 nitrogen and oxygen atoms in total. The monoisotopic (exact) mass is 184 g/mol. The van der Waals surface area contributed by atoms with Crippen molar-refractivity contribution in [2.24, 2.45) is 0 Å². The van der Waals surface area contributed by atoms with Crippen LogP contribution in [0.25, 0.3) is 0 Å². The van der Waals surface area contributed by atoms with Crippen molar-refractivity contribution in [2.45, 2.75) is 17.5 Å². The van der Waals surface area contributed by atoms with E-state index in [0.29, 0.717) is 12.0 Å². The molecule has 1 aromatic carbocycles. The molecule has 1 atom stereocenters. The predicted molar refractivity (Wildman–Crippen MR) is 47.3 cm³/mol. The average molecular weight is 184 g/mol. The summed E-state index contributed by atoms with van der Waals surface area (Å²) in [4.78, 5) is 0.883. The first-order chi connectivity index (χ1) is 5.79. The van der Waals surface area contributed by atoms with E-state index in [0.717, 1.165) is 10.6 Å². The number of phenolic OH excluding ortho intramolecular Hbond substituents is 1. The summed E-state index contributed by atoms with van der Waals surface area (Å²) in [7, 11) is 0. The van der Waals surface area contributed by atoms with Gasteiger partial charge in [0.2, 0.25) is 0 Å². The molecule has 64 valence electrons. The van der Waals surface area contributed by atoms with Gasteiger partial charge >= 0.3 is 0 Å². The minimum Gasteiger partial charge on any atom is -0.508 e. The van der Waals surface area contributed by atoms with Gasteiger partial charge in [0, 0.05) is 16.2 Å². The second-order valence-electron chi connectivity index (χ2n) is 2.79. The summed E-state index contributed by atoms with van der Waals surface area (Å²) in [6, 6.07) is 5.14. The van der Waals surface area contributed by atoms with E-state index in [1.807, 2.05) is 6.07 Å². The molecule has 12 heavy (non-hydrogen) atoms. The van der Waals surface area contributed by atoms with Crippen LogP contribution in [0, 0.1) is 0 Å². The van der Waals surface area contributed by atoms with Gasteiger partial charge in [0.05, 0.1) is 0 Å². The van der Waals surface area contributed by atoms with Crippen molar-refractivity contribution in [3.05, 3.63) is 23.8 Å². The molecule has 0 saturated heterocycles. The molecular weight excluding hydrogens is 175 g/mol. The lowest BCUT2D eigenvalue weighted by atomic mass is 10.1. The summed E-state index contributed by atoms with van der Waals surface area (Å²) in [6.07, 6.45) is -0.475. The Morgan fingerprint density at radius 3 is 3.08 bits per heavy atom. The molecule has 1 aliphatic rings. The molecule has 0 aliphatic carbocycles. The molecule has 2 rings (SSSR count). The Morgan fingerprint density at radius 2 is 2.33 bits per heavy atom. The summed E-state index contributed by atoms with van der Waals surface area (Å²) in [5.74, 6) is 0.893. The van der Waals surface area contributed by atoms with Crippen LogP contribution in [0.3, 0.4) is 0 Å². The first-order valence-corrected chi connectivity index (χ1v) is 4.86. The molecule has 1 heterocycles. The molecule has 0 saturated carbocycles. The zero-order chi connectivity index (χ0) is 8.55. The van der Waals surface area contributed by atoms with Crippen molar-refractivity contribution < 1.29 is 9.50 Å². The summed E-state index contributed by atoms with van der Waals surface area (Å²) in [5, 5.41) is 9.37. The third-order valence-corrected chi connectivity index (χ3v) is 3.09. The van der Waals surface area contributed by atoms with E-state index in [1.165, 1.54) is 6.07 Å². The van der Waals surface area contributed by atoms with Gasteiger partial charge in [-0.05, 0) is 18.6 Å². The summed E-state index contributed by atoms with van der Waals surface area (Å²) < 4.78 is 13.3. The van der Waals surface area contributed by atoms with Crippen molar-refractivity contribution >= 4 is 11.8 Å². The van der Waals surface area contributed by atoms with Gasteiger partial charge in [0.1, 0.15) is 11.9 Å². The molecule has 3 heteroatoms. The lowest BCUT2D eigenvalue weighted by molar-refractivity contribution is 0.315. The Bertz CT molecular complexity index is 301. The third kappa shape index (κ3) is 1.18. The van der Waals surface area contributed by atoms with Crippen molar-refractivity contribution in [2.75, 3.05) is 5.75 Å². The second kappa shape index (κ2) is 2.98. The Hall–Kier alpha value is -0.700. The van der Waals surface area contributed by atoms with Crippen LogP contribution in [-0.4, -0.2) is 10.9 Å². The summed E-state index contributed by atoms with van der Waals surface area (Å²) in [5.41, 5.74) is 0.480. The molecular formula is C9H9FOS. The van der Waals surface area contributed by atoms with Crippen molar-refractivity contribution in [3.8, 4) is 5.75 Å². The summed E-state index contributed by atoms with van der Waals surface area (Å²) in [6.45, 7) is 0. The number of hydrogen-bond donors (Lipinski definition) is 1. The van der Waals surface area contributed by atoms with Crippen LogP contribution >= 0.6 is 11.8 Å². The Kier molecular flexibility index (Phi) is 1.97. The lowest BCUT2D eigenvalue weighted by Crippen LogP contribution is -2.02. The Morgan fingerprint density at radius 1 is 1.50 bits per heavy atom. The quantitative estimate of drug-likeness (QED) is 0.669. The average Bonchev–Trinajstić information content (AvgIpc) is 2.04. The maximum Gasteiger partial charge on any atom is 0.131 e. The number of halogens is 1. The largest absolute Gasteiger partial charge is 0.508 e. The number of rotatable bonds is 0. The number of fused-ring (bicyclic) bond motifs is 1. The molecule has 0 spiro atoms. The standard InChI is InChI=1S/C9H9FOS/c10-6-4-5-12-8-3-1-2-7(11)9(6)8/h1-3,6,11H,4-5H2. The molecule has 0 aromatic heterocycles. The van der Waals surface area contributed by atoms with Crippen LogP contribution in [0.15, 0.2) is 23.1 Å². The number of thioether (sulfide) groups is 1. The normalized spacial score (nSPS) is 21.9. The molecule has 1 N–H and O–H groups in total. The van der Waals surface area contributed by atoms with Gasteiger partial charge in [-0.1, -0.05) is 6.07 Å². The zero-order valence-corrected chi connectivity index (χ0v) is 7.27. The van der Waals surface area contributed by atoms with Crippen LogP contribution in [0.2, 0.25) is 0 Å². The van der Waals surface area contributed by atoms with Crippen LogP contribution in [0.4, 0.5) is 4.39 Å². The minimum atomic E-state index is -0.984. The molecule has 0 bridgehead atoms. The van der Waals surface area contributed by atoms with Crippen LogP contribution in [0.1, 0.15) is 18.2 Å². The highest BCUT2D eigenvalue weighted by Gasteiger charge is 2.22. The van der Waals surface area contributed by atoms with E-state index in [2.05, 4.69) is 0 Å². The van der Waals surface area contributed by atoms with E-state index in [-0.39, 0.29) is 5.75 Å². The Balaban J connectivity index is 2.53. The van der Waals surface area contributed by atoms with Gasteiger partial charge in [-0.2, -0.15) is 0 Å². The molecule has 0 fully saturated rings. The fourth-order valence-electron chi connectivity index (χ4n) is 1.39. The topological polar surface area (TPSA) is 20.2 Å². The van der Waals surface area contributed by atoms with E-state index in [9.17, 15) is 9.50 Å². The maximum atomic E-state index is 13.3.